The van der Waals surface area contributed by atoms with E-state index in [0.717, 1.165) is 32.1 Å². The molecule has 0 spiro atoms. The molecule has 0 bridgehead atoms. The first-order chi connectivity index (χ1) is 9.61. The van der Waals surface area contributed by atoms with Crippen molar-refractivity contribution >= 4 is 12.0 Å². The summed E-state index contributed by atoms with van der Waals surface area (Å²) >= 11 is 0. The van der Waals surface area contributed by atoms with E-state index in [-0.39, 0.29) is 24.6 Å². The number of carboxylic acids is 1. The minimum Gasteiger partial charge on any atom is -0.481 e. The summed E-state index contributed by atoms with van der Waals surface area (Å²) in [5.41, 5.74) is 0. The van der Waals surface area contributed by atoms with Gasteiger partial charge in [-0.05, 0) is 31.6 Å². The Balaban J connectivity index is 1.90. The molecule has 2 amide bonds. The van der Waals surface area contributed by atoms with Crippen LogP contribution in [0.1, 0.15) is 38.5 Å². The quantitative estimate of drug-likeness (QED) is 0.722. The predicted octanol–water partition coefficient (Wildman–Crippen LogP) is 1.04. The third-order valence-electron chi connectivity index (χ3n) is 4.46. The number of aliphatic hydroxyl groups excluding tert-OH is 1. The van der Waals surface area contributed by atoms with E-state index in [1.807, 2.05) is 0 Å². The number of nitrogens with one attached hydrogen (secondary N) is 1. The van der Waals surface area contributed by atoms with E-state index in [1.54, 1.807) is 4.90 Å². The number of rotatable bonds is 3. The van der Waals surface area contributed by atoms with Gasteiger partial charge in [0.2, 0.25) is 0 Å². The van der Waals surface area contributed by atoms with Crippen LogP contribution in [0.5, 0.6) is 0 Å². The third-order valence-corrected chi connectivity index (χ3v) is 4.46. The van der Waals surface area contributed by atoms with Gasteiger partial charge in [0, 0.05) is 25.7 Å². The van der Waals surface area contributed by atoms with Gasteiger partial charge in [0.15, 0.2) is 0 Å². The van der Waals surface area contributed by atoms with Crippen LogP contribution in [-0.2, 0) is 4.79 Å². The first-order valence-corrected chi connectivity index (χ1v) is 7.51. The standard InChI is InChI=1S/C14H24N2O4/c17-9-10-4-3-7-16(8-10)14(20)15-12-6-2-1-5-11(12)13(18)19/h10-12,17H,1-9H2,(H,15,20)(H,18,19). The Kier molecular flexibility index (Phi) is 5.23. The van der Waals surface area contributed by atoms with E-state index in [9.17, 15) is 19.8 Å². The van der Waals surface area contributed by atoms with Gasteiger partial charge in [0.1, 0.15) is 0 Å². The van der Waals surface area contributed by atoms with Crippen molar-refractivity contribution in [3.8, 4) is 0 Å². The van der Waals surface area contributed by atoms with E-state index in [4.69, 9.17) is 0 Å². The Morgan fingerprint density at radius 3 is 2.60 bits per heavy atom. The summed E-state index contributed by atoms with van der Waals surface area (Å²) in [5.74, 6) is -1.14. The molecule has 0 aromatic carbocycles. The molecule has 1 saturated heterocycles. The number of urea groups is 1. The molecule has 2 rings (SSSR count). The van der Waals surface area contributed by atoms with E-state index in [2.05, 4.69) is 5.32 Å². The SMILES string of the molecule is O=C(O)C1CCCCC1NC(=O)N1CCCC(CO)C1. The van der Waals surface area contributed by atoms with Gasteiger partial charge in [0.05, 0.1) is 5.92 Å². The smallest absolute Gasteiger partial charge is 0.317 e. The highest BCUT2D eigenvalue weighted by Gasteiger charge is 2.33. The second-order valence-electron chi connectivity index (χ2n) is 5.92. The molecule has 1 saturated carbocycles. The van der Waals surface area contributed by atoms with Crippen molar-refractivity contribution in [1.29, 1.82) is 0 Å². The van der Waals surface area contributed by atoms with Gasteiger partial charge in [-0.15, -0.1) is 0 Å². The van der Waals surface area contributed by atoms with E-state index in [1.165, 1.54) is 0 Å². The molecule has 114 valence electrons. The van der Waals surface area contributed by atoms with Crippen molar-refractivity contribution in [3.05, 3.63) is 0 Å². The lowest BCUT2D eigenvalue weighted by Crippen LogP contribution is -2.52. The van der Waals surface area contributed by atoms with Crippen LogP contribution in [-0.4, -0.2) is 52.9 Å². The van der Waals surface area contributed by atoms with E-state index in [0.29, 0.717) is 19.5 Å². The van der Waals surface area contributed by atoms with Crippen LogP contribution >= 0.6 is 0 Å². The van der Waals surface area contributed by atoms with Crippen molar-refractivity contribution < 1.29 is 19.8 Å². The van der Waals surface area contributed by atoms with Crippen molar-refractivity contribution in [3.63, 3.8) is 0 Å². The van der Waals surface area contributed by atoms with Crippen LogP contribution in [0.2, 0.25) is 0 Å². The summed E-state index contributed by atoms with van der Waals surface area (Å²) in [6, 6.07) is -0.440. The lowest BCUT2D eigenvalue weighted by molar-refractivity contribution is -0.143. The normalized spacial score (nSPS) is 30.9. The topological polar surface area (TPSA) is 89.9 Å². The summed E-state index contributed by atoms with van der Waals surface area (Å²) < 4.78 is 0. The van der Waals surface area contributed by atoms with Gasteiger partial charge < -0.3 is 20.4 Å². The number of nitrogens with zero attached hydrogens (tertiary/aromatic N) is 1. The van der Waals surface area contributed by atoms with Crippen molar-refractivity contribution in [2.75, 3.05) is 19.7 Å². The first-order valence-electron chi connectivity index (χ1n) is 7.51. The zero-order valence-corrected chi connectivity index (χ0v) is 11.8. The van der Waals surface area contributed by atoms with Crippen LogP contribution in [0.25, 0.3) is 0 Å². The van der Waals surface area contributed by atoms with Gasteiger partial charge in [-0.1, -0.05) is 12.8 Å². The molecule has 0 aromatic rings. The van der Waals surface area contributed by atoms with Gasteiger partial charge in [0.25, 0.3) is 0 Å². The number of carbonyl (C=O) groups is 2. The van der Waals surface area contributed by atoms with Crippen LogP contribution in [0.15, 0.2) is 0 Å². The Morgan fingerprint density at radius 1 is 1.15 bits per heavy atom. The first kappa shape index (κ1) is 15.1. The van der Waals surface area contributed by atoms with Crippen LogP contribution in [0, 0.1) is 11.8 Å². The number of aliphatic hydroxyl groups is 1. The van der Waals surface area contributed by atoms with Crippen LogP contribution in [0.4, 0.5) is 4.79 Å². The summed E-state index contributed by atoms with van der Waals surface area (Å²) in [4.78, 5) is 25.2. The minimum absolute atomic E-state index is 0.102. The third kappa shape index (κ3) is 3.62. The molecule has 2 fully saturated rings. The largest absolute Gasteiger partial charge is 0.481 e. The van der Waals surface area contributed by atoms with Crippen molar-refractivity contribution in [1.82, 2.24) is 10.2 Å². The Hall–Kier alpha value is -1.30. The molecular formula is C14H24N2O4. The highest BCUT2D eigenvalue weighted by atomic mass is 16.4. The molecule has 3 atom stereocenters. The fraction of sp³-hybridized carbons (Fsp3) is 0.857. The maximum absolute atomic E-state index is 12.2. The molecule has 0 aromatic heterocycles. The lowest BCUT2D eigenvalue weighted by Gasteiger charge is -2.35. The van der Waals surface area contributed by atoms with Gasteiger partial charge in [-0.2, -0.15) is 0 Å². The molecule has 20 heavy (non-hydrogen) atoms. The number of aliphatic carboxylic acids is 1. The molecular weight excluding hydrogens is 260 g/mol. The second kappa shape index (κ2) is 6.92. The average molecular weight is 284 g/mol. The zero-order chi connectivity index (χ0) is 14.5. The van der Waals surface area contributed by atoms with Gasteiger partial charge in [-0.3, -0.25) is 4.79 Å². The lowest BCUT2D eigenvalue weighted by atomic mass is 9.84. The number of hydrogen-bond acceptors (Lipinski definition) is 3. The monoisotopic (exact) mass is 284 g/mol. The van der Waals surface area contributed by atoms with Crippen LogP contribution < -0.4 is 5.32 Å². The molecule has 3 unspecified atom stereocenters. The highest BCUT2D eigenvalue weighted by Crippen LogP contribution is 2.25. The highest BCUT2D eigenvalue weighted by molar-refractivity contribution is 5.77. The molecule has 1 aliphatic heterocycles. The van der Waals surface area contributed by atoms with E-state index < -0.39 is 11.9 Å². The Bertz CT molecular complexity index is 361. The maximum atomic E-state index is 12.2. The Morgan fingerprint density at radius 2 is 1.90 bits per heavy atom. The molecule has 2 aliphatic rings. The maximum Gasteiger partial charge on any atom is 0.317 e. The van der Waals surface area contributed by atoms with Gasteiger partial charge in [-0.25, -0.2) is 4.79 Å². The number of hydrogen-bond donors (Lipinski definition) is 3. The number of carboxylic acid groups (broad SMARTS) is 1. The fourth-order valence-electron chi connectivity index (χ4n) is 3.25. The summed E-state index contributed by atoms with van der Waals surface area (Å²) in [6.45, 7) is 1.35. The van der Waals surface area contributed by atoms with Crippen molar-refractivity contribution in [2.24, 2.45) is 11.8 Å². The summed E-state index contributed by atoms with van der Waals surface area (Å²) in [6.07, 6.45) is 5.10. The molecule has 0 radical (unpaired) electrons. The predicted molar refractivity (Wildman–Crippen MR) is 73.3 cm³/mol. The average Bonchev–Trinajstić information content (AvgIpc) is 2.47. The molecule has 3 N–H and O–H groups in total. The van der Waals surface area contributed by atoms with Crippen LogP contribution in [0.3, 0.4) is 0 Å². The van der Waals surface area contributed by atoms with Gasteiger partial charge >= 0.3 is 12.0 Å². The number of piperidine rings is 1. The zero-order valence-electron chi connectivity index (χ0n) is 11.8. The van der Waals surface area contributed by atoms with E-state index >= 15 is 0 Å². The van der Waals surface area contributed by atoms with Crippen molar-refractivity contribution in [2.45, 2.75) is 44.6 Å². The minimum atomic E-state index is -0.818. The number of carbonyl (C=O) groups excluding carboxylic acids is 1. The second-order valence-corrected chi connectivity index (χ2v) is 5.92. The molecule has 6 nitrogen and oxygen atoms in total. The summed E-state index contributed by atoms with van der Waals surface area (Å²) in [5, 5.41) is 21.3. The molecule has 6 heteroatoms. The Labute approximate surface area is 119 Å². The molecule has 1 aliphatic carbocycles. The summed E-state index contributed by atoms with van der Waals surface area (Å²) in [7, 11) is 0. The number of amides is 2. The fourth-order valence-corrected chi connectivity index (χ4v) is 3.25. The molecule has 1 heterocycles. The number of likely N-dealkylation sites (tertiary alicyclic amines) is 1.